The highest BCUT2D eigenvalue weighted by Crippen LogP contribution is 2.37. The van der Waals surface area contributed by atoms with E-state index in [-0.39, 0.29) is 19.6 Å². The summed E-state index contributed by atoms with van der Waals surface area (Å²) in [6, 6.07) is 1.87. The normalized spacial score (nSPS) is 36.6. The van der Waals surface area contributed by atoms with E-state index < -0.39 is 160 Å². The highest BCUT2D eigenvalue weighted by Gasteiger charge is 2.56. The molecule has 20 atom stereocenters. The van der Waals surface area contributed by atoms with Gasteiger partial charge in [0.1, 0.15) is 72.8 Å². The van der Waals surface area contributed by atoms with E-state index in [1.807, 2.05) is 18.2 Å². The quantitative estimate of drug-likeness (QED) is 0.0320. The number of aliphatic hydroxyl groups is 9. The standard InChI is InChI=1S/C50H82N4O20/c1-6-7-8-9-10-11-12-13-14-18-68-30-17-15-16-29(19-30)21-51-39-43(63)42(62)33(22-55)71-49(39)73-47-35(24-57)72-50(40(45(47)65)54-28(4)60)74-46-34(23-56)69-32(37(44(46)64)52-26(2)58)20-31-36(25-67-5)70-48(66)38(41(31)61)53-27(3)59/h11-12,15-17,19,31-51,55-57,61-66H,6-10,13-14,18,20-25H2,1-5H3,(H,52,58)(H,53,59)(H,54,60)/b12-11-. The van der Waals surface area contributed by atoms with E-state index in [0.717, 1.165) is 31.7 Å². The predicted molar refractivity (Wildman–Crippen MR) is 260 cm³/mol. The van der Waals surface area contributed by atoms with Gasteiger partial charge in [0, 0.05) is 40.3 Å². The summed E-state index contributed by atoms with van der Waals surface area (Å²) in [7, 11) is 1.37. The van der Waals surface area contributed by atoms with Crippen LogP contribution >= 0.6 is 0 Å². The van der Waals surface area contributed by atoms with Crippen LogP contribution in [0.25, 0.3) is 0 Å². The molecule has 0 aliphatic carbocycles. The van der Waals surface area contributed by atoms with Gasteiger partial charge in [-0.05, 0) is 49.8 Å². The molecule has 3 amide bonds. The highest BCUT2D eigenvalue weighted by atomic mass is 16.7. The van der Waals surface area contributed by atoms with Gasteiger partial charge in [0.25, 0.3) is 0 Å². The number of hydrogen-bond acceptors (Lipinski definition) is 21. The molecule has 4 aliphatic heterocycles. The van der Waals surface area contributed by atoms with Crippen molar-refractivity contribution in [1.29, 1.82) is 0 Å². The van der Waals surface area contributed by atoms with Crippen molar-refractivity contribution in [1.82, 2.24) is 21.3 Å². The SMILES string of the molecule is CCCCCC/C=C\CCCOc1cccc(CNC2C(OC3C(CO)OC(OC4C(CO)OC(CC5C(COC)OC(O)C(NC(C)=O)C5O)C(NC(C)=O)C4O)C(NC(C)=O)C3O)OC(CO)C(O)C2O)c1. The van der Waals surface area contributed by atoms with Gasteiger partial charge in [-0.15, -0.1) is 0 Å². The van der Waals surface area contributed by atoms with Crippen LogP contribution in [0.3, 0.4) is 0 Å². The molecule has 4 heterocycles. The van der Waals surface area contributed by atoms with Crippen molar-refractivity contribution in [2.75, 3.05) is 40.1 Å². The molecule has 1 aromatic carbocycles. The van der Waals surface area contributed by atoms with Crippen molar-refractivity contribution in [2.45, 2.75) is 202 Å². The number of benzene rings is 1. The molecule has 24 heteroatoms. The van der Waals surface area contributed by atoms with Gasteiger partial charge in [-0.25, -0.2) is 0 Å². The lowest BCUT2D eigenvalue weighted by atomic mass is 9.80. The summed E-state index contributed by atoms with van der Waals surface area (Å²) >= 11 is 0. The number of carbonyl (C=O) groups excluding carboxylic acids is 3. The van der Waals surface area contributed by atoms with Gasteiger partial charge in [-0.1, -0.05) is 50.5 Å². The van der Waals surface area contributed by atoms with Gasteiger partial charge in [0.05, 0.1) is 63.4 Å². The second-order valence-corrected chi connectivity index (χ2v) is 19.5. The first kappa shape index (κ1) is 61.3. The average Bonchev–Trinajstić information content (AvgIpc) is 3.36. The summed E-state index contributed by atoms with van der Waals surface area (Å²) in [5.41, 5.74) is 0.729. The predicted octanol–water partition coefficient (Wildman–Crippen LogP) is -2.52. The third-order valence-corrected chi connectivity index (χ3v) is 13.8. The van der Waals surface area contributed by atoms with Crippen LogP contribution < -0.4 is 26.0 Å². The molecule has 0 bridgehead atoms. The zero-order chi connectivity index (χ0) is 54.1. The van der Waals surface area contributed by atoms with Crippen LogP contribution in [0.2, 0.25) is 0 Å². The third-order valence-electron chi connectivity index (χ3n) is 13.8. The Labute approximate surface area is 432 Å². The zero-order valence-corrected chi connectivity index (χ0v) is 42.9. The first-order valence-electron chi connectivity index (χ1n) is 25.7. The molecule has 4 fully saturated rings. The van der Waals surface area contributed by atoms with Gasteiger partial charge >= 0.3 is 0 Å². The molecule has 4 aliphatic rings. The molecule has 74 heavy (non-hydrogen) atoms. The largest absolute Gasteiger partial charge is 0.494 e. The second-order valence-electron chi connectivity index (χ2n) is 19.5. The maximum Gasteiger partial charge on any atom is 0.217 e. The number of unbranched alkanes of at least 4 members (excludes halogenated alkanes) is 5. The fourth-order valence-corrected chi connectivity index (χ4v) is 10.0. The molecule has 13 N–H and O–H groups in total. The summed E-state index contributed by atoms with van der Waals surface area (Å²) < 4.78 is 48.0. The zero-order valence-electron chi connectivity index (χ0n) is 42.9. The highest BCUT2D eigenvalue weighted by molar-refractivity contribution is 5.74. The first-order valence-corrected chi connectivity index (χ1v) is 25.7. The molecule has 0 spiro atoms. The minimum atomic E-state index is -1.81. The molecular weight excluding hydrogens is 977 g/mol. The summed E-state index contributed by atoms with van der Waals surface area (Å²) in [6.07, 6.45) is -10.8. The van der Waals surface area contributed by atoms with Gasteiger partial charge in [0.2, 0.25) is 17.7 Å². The number of allylic oxidation sites excluding steroid dienone is 2. The lowest BCUT2D eigenvalue weighted by Gasteiger charge is -2.51. The smallest absolute Gasteiger partial charge is 0.217 e. The van der Waals surface area contributed by atoms with Crippen molar-refractivity contribution in [2.24, 2.45) is 5.92 Å². The fraction of sp³-hybridized carbons (Fsp3) is 0.780. The number of methoxy groups -OCH3 is 1. The van der Waals surface area contributed by atoms with Crippen molar-refractivity contribution in [3.63, 3.8) is 0 Å². The summed E-state index contributed by atoms with van der Waals surface area (Å²) in [4.78, 5) is 37.4. The molecule has 4 saturated heterocycles. The Morgan fingerprint density at radius 1 is 0.622 bits per heavy atom. The third kappa shape index (κ3) is 16.7. The Morgan fingerprint density at radius 2 is 1.20 bits per heavy atom. The van der Waals surface area contributed by atoms with Crippen molar-refractivity contribution >= 4 is 17.7 Å². The Balaban J connectivity index is 1.31. The number of nitrogens with one attached hydrogen (secondary N) is 4. The number of rotatable bonds is 27. The Bertz CT molecular complexity index is 1890. The minimum Gasteiger partial charge on any atom is -0.494 e. The first-order chi connectivity index (χ1) is 35.5. The number of aliphatic hydroxyl groups excluding tert-OH is 9. The molecular formula is C50H82N4O20. The van der Waals surface area contributed by atoms with Crippen LogP contribution in [0.5, 0.6) is 5.75 Å². The maximum atomic E-state index is 12.7. The lowest BCUT2D eigenvalue weighted by molar-refractivity contribution is -0.347. The molecule has 0 saturated carbocycles. The second kappa shape index (κ2) is 30.4. The van der Waals surface area contributed by atoms with Crippen LogP contribution in [0.1, 0.15) is 84.6 Å². The van der Waals surface area contributed by atoms with E-state index in [1.165, 1.54) is 46.6 Å². The number of amides is 3. The average molecular weight is 1060 g/mol. The number of ether oxygens (including phenoxy) is 8. The summed E-state index contributed by atoms with van der Waals surface area (Å²) in [5, 5.41) is 111. The molecule has 5 rings (SSSR count). The van der Waals surface area contributed by atoms with E-state index in [9.17, 15) is 60.3 Å². The topological polar surface area (TPSA) is 355 Å². The van der Waals surface area contributed by atoms with Crippen molar-refractivity contribution in [3.8, 4) is 5.75 Å². The van der Waals surface area contributed by atoms with Crippen LogP contribution in [0.15, 0.2) is 36.4 Å². The monoisotopic (exact) mass is 1060 g/mol. The molecule has 422 valence electrons. The van der Waals surface area contributed by atoms with Gasteiger partial charge in [0.15, 0.2) is 18.9 Å². The Hall–Kier alpha value is -3.51. The van der Waals surface area contributed by atoms with Gasteiger partial charge in [-0.2, -0.15) is 0 Å². The fourth-order valence-electron chi connectivity index (χ4n) is 10.0. The molecule has 0 aromatic heterocycles. The molecule has 24 nitrogen and oxygen atoms in total. The number of carbonyl (C=O) groups is 3. The summed E-state index contributed by atoms with van der Waals surface area (Å²) in [5.74, 6) is -2.21. The molecule has 1 aromatic rings. The van der Waals surface area contributed by atoms with E-state index in [2.05, 4.69) is 40.3 Å². The van der Waals surface area contributed by atoms with Gasteiger partial charge < -0.3 is 105 Å². The van der Waals surface area contributed by atoms with E-state index >= 15 is 0 Å². The lowest BCUT2D eigenvalue weighted by Crippen LogP contribution is -2.71. The summed E-state index contributed by atoms with van der Waals surface area (Å²) in [6.45, 7) is 3.77. The maximum absolute atomic E-state index is 12.7. The Kier molecular flexibility index (Phi) is 25.2. The van der Waals surface area contributed by atoms with E-state index in [0.29, 0.717) is 12.4 Å². The van der Waals surface area contributed by atoms with E-state index in [1.54, 1.807) is 6.07 Å². The van der Waals surface area contributed by atoms with Crippen LogP contribution in [0, 0.1) is 5.92 Å². The van der Waals surface area contributed by atoms with Crippen LogP contribution in [-0.4, -0.2) is 220 Å². The Morgan fingerprint density at radius 3 is 1.82 bits per heavy atom. The minimum absolute atomic E-state index is 0.0959. The van der Waals surface area contributed by atoms with Crippen LogP contribution in [-0.2, 0) is 54.1 Å². The van der Waals surface area contributed by atoms with Crippen molar-refractivity contribution < 1.29 is 98.2 Å². The van der Waals surface area contributed by atoms with Crippen LogP contribution in [0.4, 0.5) is 0 Å². The van der Waals surface area contributed by atoms with E-state index in [4.69, 9.17) is 37.9 Å². The molecule has 0 radical (unpaired) electrons. The number of hydrogen-bond donors (Lipinski definition) is 13. The van der Waals surface area contributed by atoms with Gasteiger partial charge in [-0.3, -0.25) is 14.4 Å². The molecule has 20 unspecified atom stereocenters. The van der Waals surface area contributed by atoms with Crippen molar-refractivity contribution in [3.05, 3.63) is 42.0 Å².